The lowest BCUT2D eigenvalue weighted by atomic mass is 11.0. The van der Waals surface area contributed by atoms with Crippen molar-refractivity contribution < 1.29 is 9.59 Å². The van der Waals surface area contributed by atoms with E-state index >= 15 is 0 Å². The van der Waals surface area contributed by atoms with Gasteiger partial charge in [-0.1, -0.05) is 0 Å². The van der Waals surface area contributed by atoms with Crippen LogP contribution in [0.15, 0.2) is 0 Å². The molecule has 0 aliphatic carbocycles. The maximum Gasteiger partial charge on any atom is 0.309 e. The largest absolute Gasteiger partial charge is 0.352 e. The first-order valence-corrected chi connectivity index (χ1v) is 2.41. The normalized spacial score (nSPS) is 6.40. The van der Waals surface area contributed by atoms with Gasteiger partial charge in [0, 0.05) is 0 Å². The van der Waals surface area contributed by atoms with Gasteiger partial charge >= 0.3 is 6.03 Å². The van der Waals surface area contributed by atoms with E-state index in [2.05, 4.69) is 11.5 Å². The summed E-state index contributed by atoms with van der Waals surface area (Å²) < 4.78 is 0. The van der Waals surface area contributed by atoms with Crippen LogP contribution in [0.4, 0.5) is 4.79 Å². The average molecular weight is 149 g/mol. The molecule has 5 heteroatoms. The molecule has 0 atom stereocenters. The van der Waals surface area contributed by atoms with Crippen LogP contribution in [0.25, 0.3) is 0 Å². The maximum atomic E-state index is 9.00. The fraction of sp³-hybridized carbons (Fsp3) is 0.600. The number of primary amides is 2. The molecule has 0 heterocycles. The Morgan fingerprint density at radius 2 is 1.20 bits per heavy atom. The van der Waals surface area contributed by atoms with Gasteiger partial charge in [0.1, 0.15) is 6.79 Å². The van der Waals surface area contributed by atoms with Crippen LogP contribution in [-0.2, 0) is 4.79 Å². The highest BCUT2D eigenvalue weighted by atomic mass is 16.2. The molecule has 0 aliphatic rings. The summed E-state index contributed by atoms with van der Waals surface area (Å²) in [7, 11) is 6.00. The predicted molar refractivity (Wildman–Crippen MR) is 40.5 cm³/mol. The van der Waals surface area contributed by atoms with E-state index in [4.69, 9.17) is 9.59 Å². The minimum Gasteiger partial charge on any atom is -0.352 e. The second kappa shape index (κ2) is 15.7. The zero-order valence-corrected chi connectivity index (χ0v) is 6.63. The number of rotatable bonds is 0. The van der Waals surface area contributed by atoms with E-state index in [1.165, 1.54) is 0 Å². The summed E-state index contributed by atoms with van der Waals surface area (Å²) >= 11 is 0. The molecule has 0 fully saturated rings. The van der Waals surface area contributed by atoms with Crippen LogP contribution in [0, 0.1) is 0 Å². The third-order valence-electron chi connectivity index (χ3n) is 0. The van der Waals surface area contributed by atoms with Crippen LogP contribution >= 0.6 is 0 Å². The lowest BCUT2D eigenvalue weighted by Crippen LogP contribution is -2.18. The van der Waals surface area contributed by atoms with Crippen molar-refractivity contribution in [1.29, 1.82) is 0 Å². The Morgan fingerprint density at radius 1 is 1.20 bits per heavy atom. The van der Waals surface area contributed by atoms with E-state index in [9.17, 15) is 0 Å². The number of urea groups is 1. The molecular formula is C5H15N3O2. The molecule has 10 heavy (non-hydrogen) atoms. The van der Waals surface area contributed by atoms with Crippen LogP contribution in [0.5, 0.6) is 0 Å². The summed E-state index contributed by atoms with van der Waals surface area (Å²) in [4.78, 5) is 19.0. The van der Waals surface area contributed by atoms with E-state index in [1.54, 1.807) is 0 Å². The van der Waals surface area contributed by atoms with Gasteiger partial charge in [0.25, 0.3) is 0 Å². The van der Waals surface area contributed by atoms with Gasteiger partial charge in [-0.15, -0.1) is 0 Å². The number of carbonyl (C=O) groups excluding carboxylic acids is 2. The molecule has 0 aromatic heterocycles. The number of nitrogens with zero attached hydrogens (tertiary/aromatic N) is 1. The van der Waals surface area contributed by atoms with Crippen LogP contribution in [0.1, 0.15) is 0 Å². The minimum atomic E-state index is -0.833. The monoisotopic (exact) mass is 149 g/mol. The predicted octanol–water partition coefficient (Wildman–Crippen LogP) is -0.983. The number of nitrogens with two attached hydrogens (primary N) is 2. The highest BCUT2D eigenvalue weighted by Crippen LogP contribution is 1.47. The quantitative estimate of drug-likeness (QED) is 0.463. The highest BCUT2D eigenvalue weighted by molar-refractivity contribution is 5.69. The molecule has 0 aliphatic heterocycles. The van der Waals surface area contributed by atoms with Crippen molar-refractivity contribution in [2.75, 3.05) is 21.1 Å². The summed E-state index contributed by atoms with van der Waals surface area (Å²) in [6.07, 6.45) is 0. The van der Waals surface area contributed by atoms with Crippen LogP contribution in [-0.4, -0.2) is 38.9 Å². The van der Waals surface area contributed by atoms with Crippen molar-refractivity contribution in [1.82, 2.24) is 4.90 Å². The molecule has 0 unspecified atom stereocenters. The molecule has 0 saturated carbocycles. The van der Waals surface area contributed by atoms with Crippen molar-refractivity contribution in [3.63, 3.8) is 0 Å². The van der Waals surface area contributed by atoms with Gasteiger partial charge in [-0.3, -0.25) is 0 Å². The standard InChI is InChI=1S/C3H9N.CH4N2O.CH2O/c1-4(2)3;2-1(3)4;1-2/h1-3H3;(H4,2,3,4);1H2. The molecule has 0 spiro atoms. The number of amides is 2. The van der Waals surface area contributed by atoms with Gasteiger partial charge in [0.2, 0.25) is 0 Å². The van der Waals surface area contributed by atoms with Crippen LogP contribution in [0.2, 0.25) is 0 Å². The molecule has 62 valence electrons. The van der Waals surface area contributed by atoms with E-state index < -0.39 is 6.03 Å². The van der Waals surface area contributed by atoms with Crippen LogP contribution < -0.4 is 11.5 Å². The van der Waals surface area contributed by atoms with Crippen molar-refractivity contribution in [3.05, 3.63) is 0 Å². The third-order valence-corrected chi connectivity index (χ3v) is 0. The van der Waals surface area contributed by atoms with E-state index in [0.29, 0.717) is 0 Å². The van der Waals surface area contributed by atoms with Crippen molar-refractivity contribution in [3.8, 4) is 0 Å². The van der Waals surface area contributed by atoms with E-state index in [0.717, 1.165) is 0 Å². The summed E-state index contributed by atoms with van der Waals surface area (Å²) in [6, 6.07) is -0.833. The topological polar surface area (TPSA) is 89.4 Å². The first kappa shape index (κ1) is 16.0. The average Bonchev–Trinajstić information content (AvgIpc) is 1.66. The summed E-state index contributed by atoms with van der Waals surface area (Å²) in [5.74, 6) is 0. The van der Waals surface area contributed by atoms with Gasteiger partial charge in [-0.05, 0) is 21.1 Å². The zero-order valence-electron chi connectivity index (χ0n) is 6.63. The van der Waals surface area contributed by atoms with Gasteiger partial charge in [0.15, 0.2) is 0 Å². The molecule has 0 aromatic rings. The Morgan fingerprint density at radius 3 is 1.20 bits per heavy atom. The number of hydrogen-bond acceptors (Lipinski definition) is 3. The molecule has 0 radical (unpaired) electrons. The molecule has 4 N–H and O–H groups in total. The lowest BCUT2D eigenvalue weighted by molar-refractivity contribution is -0.0979. The molecule has 0 rings (SSSR count). The molecule has 2 amide bonds. The van der Waals surface area contributed by atoms with Crippen LogP contribution in [0.3, 0.4) is 0 Å². The third kappa shape index (κ3) is 199. The van der Waals surface area contributed by atoms with E-state index in [1.807, 2.05) is 32.8 Å². The second-order valence-electron chi connectivity index (χ2n) is 1.74. The van der Waals surface area contributed by atoms with Gasteiger partial charge in [-0.25, -0.2) is 4.79 Å². The Hall–Kier alpha value is -1.10. The summed E-state index contributed by atoms with van der Waals surface area (Å²) in [6.45, 7) is 2.00. The fourth-order valence-corrected chi connectivity index (χ4v) is 0. The Labute approximate surface area is 61.0 Å². The first-order chi connectivity index (χ1) is 4.46. The molecule has 0 bridgehead atoms. The number of hydrogen-bond donors (Lipinski definition) is 2. The Kier molecular flexibility index (Phi) is 25.0. The fourth-order valence-electron chi connectivity index (χ4n) is 0. The van der Waals surface area contributed by atoms with Crippen molar-refractivity contribution in [2.24, 2.45) is 11.5 Å². The summed E-state index contributed by atoms with van der Waals surface area (Å²) in [5, 5.41) is 0. The minimum absolute atomic E-state index is 0.833. The molecule has 5 nitrogen and oxygen atoms in total. The van der Waals surface area contributed by atoms with Gasteiger partial charge in [0.05, 0.1) is 0 Å². The lowest BCUT2D eigenvalue weighted by Gasteiger charge is -1.90. The molecule has 0 aromatic carbocycles. The SMILES string of the molecule is C=O.CN(C)C.NC(N)=O. The zero-order chi connectivity index (χ0) is 9.15. The first-order valence-electron chi connectivity index (χ1n) is 2.41. The highest BCUT2D eigenvalue weighted by Gasteiger charge is 1.60. The van der Waals surface area contributed by atoms with E-state index in [-0.39, 0.29) is 0 Å². The summed E-state index contributed by atoms with van der Waals surface area (Å²) in [5.41, 5.74) is 8.50. The molecular weight excluding hydrogens is 134 g/mol. The number of carbonyl (C=O) groups is 2. The van der Waals surface area contributed by atoms with Crippen molar-refractivity contribution >= 4 is 12.8 Å². The Bertz CT molecular complexity index is 68.5. The van der Waals surface area contributed by atoms with Gasteiger partial charge in [-0.2, -0.15) is 0 Å². The smallest absolute Gasteiger partial charge is 0.309 e. The maximum absolute atomic E-state index is 9.00. The van der Waals surface area contributed by atoms with Gasteiger partial charge < -0.3 is 21.2 Å². The molecule has 0 saturated heterocycles. The van der Waals surface area contributed by atoms with Crippen molar-refractivity contribution in [2.45, 2.75) is 0 Å². The Balaban J connectivity index is -0.0000000787. The second-order valence-corrected chi connectivity index (χ2v) is 1.74.